The van der Waals surface area contributed by atoms with Gasteiger partial charge in [0.2, 0.25) is 5.91 Å². The maximum absolute atomic E-state index is 11.9. The predicted molar refractivity (Wildman–Crippen MR) is 91.0 cm³/mol. The summed E-state index contributed by atoms with van der Waals surface area (Å²) in [5, 5.41) is 2.86. The van der Waals surface area contributed by atoms with Crippen LogP contribution in [0.5, 0.6) is 0 Å². The number of hydrogen-bond donors (Lipinski definition) is 1. The Hall–Kier alpha value is -2.96. The van der Waals surface area contributed by atoms with E-state index >= 15 is 0 Å². The number of amides is 1. The second-order valence-electron chi connectivity index (χ2n) is 5.82. The fourth-order valence-electron chi connectivity index (χ4n) is 2.97. The molecule has 1 fully saturated rings. The van der Waals surface area contributed by atoms with E-state index in [1.54, 1.807) is 12.7 Å². The molecule has 1 amide bonds. The van der Waals surface area contributed by atoms with Gasteiger partial charge < -0.3 is 10.2 Å². The van der Waals surface area contributed by atoms with Crippen LogP contribution in [0.1, 0.15) is 6.92 Å². The third-order valence-electron chi connectivity index (χ3n) is 4.25. The molecule has 3 aromatic rings. The molecule has 3 heterocycles. The number of benzene rings is 1. The number of carbonyl (C=O) groups excluding carboxylic acids is 1. The molecular formula is C17H18N6O. The Morgan fingerprint density at radius 2 is 2.00 bits per heavy atom. The molecule has 7 heteroatoms. The lowest BCUT2D eigenvalue weighted by Gasteiger charge is -2.38. The maximum Gasteiger partial charge on any atom is 0.226 e. The van der Waals surface area contributed by atoms with Gasteiger partial charge >= 0.3 is 0 Å². The number of nitrogens with zero attached hydrogens (tertiary/aromatic N) is 5. The van der Waals surface area contributed by atoms with E-state index in [0.29, 0.717) is 19.6 Å². The van der Waals surface area contributed by atoms with Gasteiger partial charge in [0.05, 0.1) is 5.92 Å². The Bertz CT molecular complexity index is 869. The van der Waals surface area contributed by atoms with Gasteiger partial charge in [0.25, 0.3) is 0 Å². The molecule has 0 bridgehead atoms. The highest BCUT2D eigenvalue weighted by Crippen LogP contribution is 2.29. The molecule has 0 unspecified atom stereocenters. The molecule has 0 saturated carbocycles. The lowest BCUT2D eigenvalue weighted by molar-refractivity contribution is -0.125. The second kappa shape index (κ2) is 5.92. The summed E-state index contributed by atoms with van der Waals surface area (Å²) >= 11 is 0. The van der Waals surface area contributed by atoms with Crippen LogP contribution in [-0.2, 0) is 4.79 Å². The summed E-state index contributed by atoms with van der Waals surface area (Å²) in [5.74, 6) is 0.912. The van der Waals surface area contributed by atoms with E-state index in [9.17, 15) is 4.79 Å². The fourth-order valence-corrected chi connectivity index (χ4v) is 2.97. The van der Waals surface area contributed by atoms with E-state index in [0.717, 1.165) is 22.7 Å². The molecule has 0 atom stereocenters. The van der Waals surface area contributed by atoms with Crippen molar-refractivity contribution in [2.45, 2.75) is 6.92 Å². The first-order valence-corrected chi connectivity index (χ1v) is 8.04. The molecule has 2 aromatic heterocycles. The van der Waals surface area contributed by atoms with Crippen LogP contribution in [0.15, 0.2) is 43.0 Å². The van der Waals surface area contributed by atoms with Crippen LogP contribution >= 0.6 is 0 Å². The monoisotopic (exact) mass is 322 g/mol. The summed E-state index contributed by atoms with van der Waals surface area (Å²) in [6.07, 6.45) is 3.32. The first-order valence-electron chi connectivity index (χ1n) is 8.04. The van der Waals surface area contributed by atoms with Crippen molar-refractivity contribution in [3.05, 3.63) is 43.0 Å². The molecule has 24 heavy (non-hydrogen) atoms. The Morgan fingerprint density at radius 3 is 2.75 bits per heavy atom. The molecule has 0 spiro atoms. The zero-order chi connectivity index (χ0) is 16.5. The Balaban J connectivity index is 1.62. The van der Waals surface area contributed by atoms with Gasteiger partial charge in [-0.2, -0.15) is 0 Å². The molecule has 1 saturated heterocycles. The quantitative estimate of drug-likeness (QED) is 0.785. The molecule has 0 radical (unpaired) electrons. The fraction of sp³-hybridized carbons (Fsp3) is 0.294. The van der Waals surface area contributed by atoms with Gasteiger partial charge in [0, 0.05) is 25.3 Å². The summed E-state index contributed by atoms with van der Waals surface area (Å²) < 4.78 is 1.95. The van der Waals surface area contributed by atoms with Crippen molar-refractivity contribution >= 4 is 22.9 Å². The summed E-state index contributed by atoms with van der Waals surface area (Å²) in [4.78, 5) is 27.2. The molecule has 0 aliphatic carbocycles. The van der Waals surface area contributed by atoms with E-state index in [1.165, 1.54) is 0 Å². The second-order valence-corrected chi connectivity index (χ2v) is 5.82. The maximum atomic E-state index is 11.9. The van der Waals surface area contributed by atoms with Crippen LogP contribution < -0.4 is 10.2 Å². The number of rotatable bonds is 4. The van der Waals surface area contributed by atoms with Crippen molar-refractivity contribution < 1.29 is 4.79 Å². The largest absolute Gasteiger partial charge is 0.356 e. The van der Waals surface area contributed by atoms with Crippen LogP contribution in [0.25, 0.3) is 16.9 Å². The van der Waals surface area contributed by atoms with Crippen LogP contribution in [0.2, 0.25) is 0 Å². The topological polar surface area (TPSA) is 75.9 Å². The first kappa shape index (κ1) is 14.6. The van der Waals surface area contributed by atoms with Gasteiger partial charge in [0.15, 0.2) is 17.0 Å². The van der Waals surface area contributed by atoms with Crippen molar-refractivity contribution in [3.8, 4) is 5.69 Å². The highest BCUT2D eigenvalue weighted by Gasteiger charge is 2.34. The Labute approximate surface area is 139 Å². The number of para-hydroxylation sites is 1. The van der Waals surface area contributed by atoms with Gasteiger partial charge in [-0.1, -0.05) is 18.2 Å². The molecule has 4 rings (SSSR count). The van der Waals surface area contributed by atoms with E-state index in [4.69, 9.17) is 0 Å². The van der Waals surface area contributed by atoms with Gasteiger partial charge in [0.1, 0.15) is 12.7 Å². The van der Waals surface area contributed by atoms with Crippen LogP contribution in [0.3, 0.4) is 0 Å². The first-order chi connectivity index (χ1) is 11.8. The van der Waals surface area contributed by atoms with Gasteiger partial charge in [-0.15, -0.1) is 0 Å². The minimum Gasteiger partial charge on any atom is -0.356 e. The molecule has 1 aliphatic heterocycles. The number of carbonyl (C=O) groups is 1. The van der Waals surface area contributed by atoms with Crippen LogP contribution in [0, 0.1) is 5.92 Å². The van der Waals surface area contributed by atoms with Crippen LogP contribution in [-0.4, -0.2) is 45.1 Å². The molecule has 122 valence electrons. The van der Waals surface area contributed by atoms with Crippen LogP contribution in [0.4, 0.5) is 5.82 Å². The molecule has 1 aliphatic rings. The number of anilines is 1. The SMILES string of the molecule is CCNC(=O)C1CN(c2ncnc3c2ncn3-c2ccccc2)C1. The molecule has 1 N–H and O–H groups in total. The highest BCUT2D eigenvalue weighted by molar-refractivity contribution is 5.87. The summed E-state index contributed by atoms with van der Waals surface area (Å²) in [5.41, 5.74) is 2.54. The standard InChI is InChI=1S/C17H18N6O/c1-2-18-17(24)12-8-22(9-12)15-14-16(20-10-19-15)23(11-21-14)13-6-4-3-5-7-13/h3-7,10-12H,2,8-9H2,1H3,(H,18,24). The van der Waals surface area contributed by atoms with Gasteiger partial charge in [-0.25, -0.2) is 15.0 Å². The number of hydrogen-bond acceptors (Lipinski definition) is 5. The van der Waals surface area contributed by atoms with Gasteiger partial charge in [-0.3, -0.25) is 9.36 Å². The van der Waals surface area contributed by atoms with E-state index in [2.05, 4.69) is 25.2 Å². The van der Waals surface area contributed by atoms with E-state index < -0.39 is 0 Å². The number of fused-ring (bicyclic) bond motifs is 1. The molecular weight excluding hydrogens is 304 g/mol. The van der Waals surface area contributed by atoms with E-state index in [-0.39, 0.29) is 11.8 Å². The highest BCUT2D eigenvalue weighted by atomic mass is 16.2. The zero-order valence-corrected chi connectivity index (χ0v) is 13.4. The number of aromatic nitrogens is 4. The van der Waals surface area contributed by atoms with Crippen molar-refractivity contribution in [2.24, 2.45) is 5.92 Å². The minimum absolute atomic E-state index is 0.0196. The Morgan fingerprint density at radius 1 is 1.21 bits per heavy atom. The lowest BCUT2D eigenvalue weighted by Crippen LogP contribution is -2.54. The zero-order valence-electron chi connectivity index (χ0n) is 13.4. The third-order valence-corrected chi connectivity index (χ3v) is 4.25. The van der Waals surface area contributed by atoms with Crippen molar-refractivity contribution in [1.29, 1.82) is 0 Å². The predicted octanol–water partition coefficient (Wildman–Crippen LogP) is 1.39. The van der Waals surface area contributed by atoms with Gasteiger partial charge in [-0.05, 0) is 19.1 Å². The van der Waals surface area contributed by atoms with Crippen molar-refractivity contribution in [2.75, 3.05) is 24.5 Å². The average Bonchev–Trinajstić information content (AvgIpc) is 2.99. The lowest BCUT2D eigenvalue weighted by atomic mass is 9.99. The smallest absolute Gasteiger partial charge is 0.226 e. The van der Waals surface area contributed by atoms with Crippen molar-refractivity contribution in [3.63, 3.8) is 0 Å². The third kappa shape index (κ3) is 2.38. The van der Waals surface area contributed by atoms with Crippen molar-refractivity contribution in [1.82, 2.24) is 24.8 Å². The summed E-state index contributed by atoms with van der Waals surface area (Å²) in [6, 6.07) is 9.96. The molecule has 7 nitrogen and oxygen atoms in total. The number of imidazole rings is 1. The summed E-state index contributed by atoms with van der Waals surface area (Å²) in [6.45, 7) is 3.92. The van der Waals surface area contributed by atoms with E-state index in [1.807, 2.05) is 41.8 Å². The Kier molecular flexibility index (Phi) is 3.60. The number of nitrogens with one attached hydrogen (secondary N) is 1. The summed E-state index contributed by atoms with van der Waals surface area (Å²) in [7, 11) is 0. The molecule has 1 aromatic carbocycles. The minimum atomic E-state index is 0.0196. The average molecular weight is 322 g/mol. The normalized spacial score (nSPS) is 14.6.